The molecule has 0 amide bonds. The fourth-order valence-electron chi connectivity index (χ4n) is 2.86. The second-order valence-corrected chi connectivity index (χ2v) is 5.44. The van der Waals surface area contributed by atoms with E-state index in [9.17, 15) is 13.2 Å². The zero-order chi connectivity index (χ0) is 13.4. The highest BCUT2D eigenvalue weighted by molar-refractivity contribution is 5.31. The van der Waals surface area contributed by atoms with E-state index in [4.69, 9.17) is 5.73 Å². The third-order valence-corrected chi connectivity index (χ3v) is 3.80. The van der Waals surface area contributed by atoms with Gasteiger partial charge in [-0.05, 0) is 36.5 Å². The molecule has 0 bridgehead atoms. The number of hydrogen-bond acceptors (Lipinski definition) is 1. The number of halogens is 3. The molecule has 1 fully saturated rings. The molecule has 2 rings (SSSR count). The Morgan fingerprint density at radius 3 is 2.67 bits per heavy atom. The summed E-state index contributed by atoms with van der Waals surface area (Å²) >= 11 is 0. The molecular weight excluding hydrogens is 239 g/mol. The van der Waals surface area contributed by atoms with Crippen molar-refractivity contribution >= 4 is 0 Å². The van der Waals surface area contributed by atoms with Gasteiger partial charge in [0.25, 0.3) is 0 Å². The van der Waals surface area contributed by atoms with Gasteiger partial charge in [0.15, 0.2) is 0 Å². The average molecular weight is 257 g/mol. The minimum Gasteiger partial charge on any atom is -0.321 e. The molecule has 2 N–H and O–H groups in total. The molecule has 1 aliphatic rings. The van der Waals surface area contributed by atoms with Crippen molar-refractivity contribution in [2.45, 2.75) is 44.3 Å². The van der Waals surface area contributed by atoms with Crippen molar-refractivity contribution < 1.29 is 13.2 Å². The molecule has 0 aliphatic heterocycles. The maximum absolute atomic E-state index is 12.7. The lowest BCUT2D eigenvalue weighted by Crippen LogP contribution is -2.41. The minimum atomic E-state index is -4.30. The topological polar surface area (TPSA) is 26.0 Å². The Morgan fingerprint density at radius 1 is 1.33 bits per heavy atom. The molecule has 2 atom stereocenters. The van der Waals surface area contributed by atoms with Crippen molar-refractivity contribution in [1.29, 1.82) is 0 Å². The van der Waals surface area contributed by atoms with Crippen molar-refractivity contribution in [1.82, 2.24) is 0 Å². The molecule has 1 aliphatic carbocycles. The van der Waals surface area contributed by atoms with Crippen LogP contribution in [0.1, 0.15) is 43.7 Å². The number of hydrogen-bond donors (Lipinski definition) is 1. The Hall–Kier alpha value is -1.03. The highest BCUT2D eigenvalue weighted by atomic mass is 19.4. The van der Waals surface area contributed by atoms with Crippen molar-refractivity contribution in [3.05, 3.63) is 35.4 Å². The minimum absolute atomic E-state index is 0.471. The smallest absolute Gasteiger partial charge is 0.321 e. The lowest BCUT2D eigenvalue weighted by Gasteiger charge is -2.37. The average Bonchev–Trinajstić information content (AvgIpc) is 2.28. The van der Waals surface area contributed by atoms with Crippen LogP contribution in [-0.2, 0) is 11.7 Å². The van der Waals surface area contributed by atoms with Gasteiger partial charge in [-0.1, -0.05) is 31.9 Å². The van der Waals surface area contributed by atoms with Crippen molar-refractivity contribution in [2.75, 3.05) is 0 Å². The highest BCUT2D eigenvalue weighted by Gasteiger charge is 2.35. The van der Waals surface area contributed by atoms with E-state index in [0.29, 0.717) is 11.5 Å². The van der Waals surface area contributed by atoms with E-state index in [2.05, 4.69) is 6.92 Å². The quantitative estimate of drug-likeness (QED) is 0.806. The Bertz CT molecular complexity index is 427. The van der Waals surface area contributed by atoms with Crippen LogP contribution in [0.3, 0.4) is 0 Å². The summed E-state index contributed by atoms with van der Waals surface area (Å²) in [5, 5.41) is 0. The third kappa shape index (κ3) is 2.69. The lowest BCUT2D eigenvalue weighted by atomic mass is 9.73. The van der Waals surface area contributed by atoms with E-state index in [1.54, 1.807) is 6.07 Å². The number of benzene rings is 1. The van der Waals surface area contributed by atoms with Gasteiger partial charge in [-0.15, -0.1) is 0 Å². The molecule has 2 unspecified atom stereocenters. The van der Waals surface area contributed by atoms with Crippen molar-refractivity contribution in [3.8, 4) is 0 Å². The Balaban J connectivity index is 2.33. The van der Waals surface area contributed by atoms with Gasteiger partial charge in [0.05, 0.1) is 5.56 Å². The number of rotatable bonds is 1. The first-order chi connectivity index (χ1) is 8.31. The molecule has 100 valence electrons. The van der Waals surface area contributed by atoms with E-state index < -0.39 is 17.3 Å². The molecule has 0 heterocycles. The summed E-state index contributed by atoms with van der Waals surface area (Å²) in [7, 11) is 0. The van der Waals surface area contributed by atoms with E-state index in [1.165, 1.54) is 12.1 Å². The summed E-state index contributed by atoms with van der Waals surface area (Å²) in [6, 6.07) is 5.47. The molecule has 0 radical (unpaired) electrons. The maximum atomic E-state index is 12.7. The van der Waals surface area contributed by atoms with Crippen molar-refractivity contribution in [3.63, 3.8) is 0 Å². The normalized spacial score (nSPS) is 29.3. The first kappa shape index (κ1) is 13.4. The third-order valence-electron chi connectivity index (χ3n) is 3.80. The predicted molar refractivity (Wildman–Crippen MR) is 64.9 cm³/mol. The summed E-state index contributed by atoms with van der Waals surface area (Å²) in [4.78, 5) is 0. The van der Waals surface area contributed by atoms with E-state index >= 15 is 0 Å². The van der Waals surface area contributed by atoms with Crippen LogP contribution in [-0.4, -0.2) is 0 Å². The lowest BCUT2D eigenvalue weighted by molar-refractivity contribution is -0.137. The summed E-state index contributed by atoms with van der Waals surface area (Å²) in [5.41, 5.74) is 5.72. The second-order valence-electron chi connectivity index (χ2n) is 5.44. The van der Waals surface area contributed by atoms with Gasteiger partial charge in [-0.25, -0.2) is 0 Å². The molecule has 1 saturated carbocycles. The zero-order valence-corrected chi connectivity index (χ0v) is 10.4. The van der Waals surface area contributed by atoms with Crippen LogP contribution in [0, 0.1) is 5.92 Å². The summed E-state index contributed by atoms with van der Waals surface area (Å²) in [5.74, 6) is 0.471. The van der Waals surface area contributed by atoms with E-state index in [-0.39, 0.29) is 0 Å². The Morgan fingerprint density at radius 2 is 2.06 bits per heavy atom. The molecule has 4 heteroatoms. The SMILES string of the molecule is CC1CCCC(N)(c2cccc(C(F)(F)F)c2)C1. The molecular formula is C14H18F3N. The molecule has 1 aromatic carbocycles. The largest absolute Gasteiger partial charge is 0.416 e. The van der Waals surface area contributed by atoms with Crippen LogP contribution < -0.4 is 5.73 Å². The monoisotopic (exact) mass is 257 g/mol. The van der Waals surface area contributed by atoms with Gasteiger partial charge >= 0.3 is 6.18 Å². The van der Waals surface area contributed by atoms with E-state index in [0.717, 1.165) is 31.7 Å². The fourth-order valence-corrected chi connectivity index (χ4v) is 2.86. The van der Waals surface area contributed by atoms with Crippen LogP contribution in [0.5, 0.6) is 0 Å². The van der Waals surface area contributed by atoms with Crippen LogP contribution in [0.4, 0.5) is 13.2 Å². The van der Waals surface area contributed by atoms with Crippen LogP contribution in [0.2, 0.25) is 0 Å². The number of alkyl halides is 3. The summed E-state index contributed by atoms with van der Waals surface area (Å²) in [6.45, 7) is 2.11. The van der Waals surface area contributed by atoms with E-state index in [1.807, 2.05) is 0 Å². The highest BCUT2D eigenvalue weighted by Crippen LogP contribution is 2.39. The first-order valence-electron chi connectivity index (χ1n) is 6.28. The molecule has 1 aromatic rings. The predicted octanol–water partition coefficient (Wildman–Crippen LogP) is 4.07. The van der Waals surface area contributed by atoms with Crippen LogP contribution in [0.25, 0.3) is 0 Å². The van der Waals surface area contributed by atoms with Gasteiger partial charge < -0.3 is 5.73 Å². The summed E-state index contributed by atoms with van der Waals surface area (Å²) < 4.78 is 38.1. The molecule has 18 heavy (non-hydrogen) atoms. The van der Waals surface area contributed by atoms with Gasteiger partial charge in [0, 0.05) is 5.54 Å². The van der Waals surface area contributed by atoms with Gasteiger partial charge in [-0.3, -0.25) is 0 Å². The fraction of sp³-hybridized carbons (Fsp3) is 0.571. The zero-order valence-electron chi connectivity index (χ0n) is 10.4. The molecule has 0 spiro atoms. The standard InChI is InChI=1S/C14H18F3N/c1-10-4-3-7-13(18,9-10)11-5-2-6-12(8-11)14(15,16)17/h2,5-6,8,10H,3-4,7,9,18H2,1H3. The van der Waals surface area contributed by atoms with Gasteiger partial charge in [0.1, 0.15) is 0 Å². The van der Waals surface area contributed by atoms with Crippen LogP contribution in [0.15, 0.2) is 24.3 Å². The molecule has 1 nitrogen and oxygen atoms in total. The molecule has 0 saturated heterocycles. The summed E-state index contributed by atoms with van der Waals surface area (Å²) in [6.07, 6.45) is -0.689. The Labute approximate surface area is 105 Å². The second kappa shape index (κ2) is 4.57. The van der Waals surface area contributed by atoms with Gasteiger partial charge in [0.2, 0.25) is 0 Å². The number of nitrogens with two attached hydrogens (primary N) is 1. The Kier molecular flexibility index (Phi) is 3.41. The van der Waals surface area contributed by atoms with Gasteiger partial charge in [-0.2, -0.15) is 13.2 Å². The van der Waals surface area contributed by atoms with Crippen molar-refractivity contribution in [2.24, 2.45) is 11.7 Å². The maximum Gasteiger partial charge on any atom is 0.416 e. The molecule has 0 aromatic heterocycles. The first-order valence-corrected chi connectivity index (χ1v) is 6.28. The van der Waals surface area contributed by atoms with Crippen LogP contribution >= 0.6 is 0 Å².